The van der Waals surface area contributed by atoms with Crippen molar-refractivity contribution in [1.82, 2.24) is 10.2 Å². The van der Waals surface area contributed by atoms with E-state index in [1.54, 1.807) is 30.0 Å². The highest BCUT2D eigenvalue weighted by molar-refractivity contribution is 8.26. The molecule has 0 bridgehead atoms. The highest BCUT2D eigenvalue weighted by atomic mass is 35.5. The smallest absolute Gasteiger partial charge is 0.266 e. The Balaban J connectivity index is 1.58. The van der Waals surface area contributed by atoms with Gasteiger partial charge in [0.25, 0.3) is 5.91 Å². The molecule has 2 heterocycles. The van der Waals surface area contributed by atoms with Gasteiger partial charge in [0.1, 0.15) is 4.32 Å². The van der Waals surface area contributed by atoms with E-state index in [9.17, 15) is 14.7 Å². The number of rotatable bonds is 5. The summed E-state index contributed by atoms with van der Waals surface area (Å²) < 4.78 is 0.438. The first kappa shape index (κ1) is 19.7. The molecule has 138 valence electrons. The minimum atomic E-state index is -0.513. The van der Waals surface area contributed by atoms with E-state index in [4.69, 9.17) is 23.8 Å². The van der Waals surface area contributed by atoms with Crippen molar-refractivity contribution in [2.45, 2.75) is 18.6 Å². The van der Waals surface area contributed by atoms with Crippen LogP contribution in [0.1, 0.15) is 12.0 Å². The van der Waals surface area contributed by atoms with Crippen LogP contribution >= 0.6 is 47.3 Å². The molecule has 0 aliphatic carbocycles. The van der Waals surface area contributed by atoms with Crippen LogP contribution in [-0.2, 0) is 9.59 Å². The van der Waals surface area contributed by atoms with Gasteiger partial charge in [0.15, 0.2) is 0 Å². The molecule has 0 aromatic heterocycles. The van der Waals surface area contributed by atoms with Crippen LogP contribution in [0.2, 0.25) is 5.02 Å². The monoisotopic (exact) mass is 428 g/mol. The lowest BCUT2D eigenvalue weighted by Gasteiger charge is -2.18. The second kappa shape index (κ2) is 8.75. The van der Waals surface area contributed by atoms with Gasteiger partial charge in [-0.15, -0.1) is 0 Å². The SMILES string of the molecule is O=C(CCN1C(=O)/C(=C/c2cccc(Cl)c2)SC1=S)NC1CSCC1O. The number of aliphatic hydroxyl groups is 1. The van der Waals surface area contributed by atoms with Crippen molar-refractivity contribution < 1.29 is 14.7 Å². The number of thioether (sulfide) groups is 2. The van der Waals surface area contributed by atoms with E-state index in [1.807, 2.05) is 12.1 Å². The summed E-state index contributed by atoms with van der Waals surface area (Å²) in [7, 11) is 0. The van der Waals surface area contributed by atoms with Gasteiger partial charge in [-0.3, -0.25) is 14.5 Å². The summed E-state index contributed by atoms with van der Waals surface area (Å²) in [6, 6.07) is 6.99. The van der Waals surface area contributed by atoms with Crippen molar-refractivity contribution in [2.24, 2.45) is 0 Å². The Morgan fingerprint density at radius 1 is 1.46 bits per heavy atom. The lowest BCUT2D eigenvalue weighted by atomic mass is 10.2. The summed E-state index contributed by atoms with van der Waals surface area (Å²) in [4.78, 5) is 26.6. The van der Waals surface area contributed by atoms with Gasteiger partial charge in [0.2, 0.25) is 5.91 Å². The van der Waals surface area contributed by atoms with Gasteiger partial charge in [0, 0.05) is 29.5 Å². The van der Waals surface area contributed by atoms with Gasteiger partial charge >= 0.3 is 0 Å². The summed E-state index contributed by atoms with van der Waals surface area (Å²) in [6.07, 6.45) is 1.38. The van der Waals surface area contributed by atoms with E-state index >= 15 is 0 Å². The Morgan fingerprint density at radius 3 is 2.96 bits per heavy atom. The third kappa shape index (κ3) is 4.80. The first-order valence-electron chi connectivity index (χ1n) is 8.00. The van der Waals surface area contributed by atoms with Crippen molar-refractivity contribution >= 4 is 69.6 Å². The molecule has 2 aliphatic rings. The molecule has 2 N–H and O–H groups in total. The number of hydrogen-bond acceptors (Lipinski definition) is 6. The van der Waals surface area contributed by atoms with Crippen LogP contribution in [0.25, 0.3) is 6.08 Å². The van der Waals surface area contributed by atoms with Crippen molar-refractivity contribution in [1.29, 1.82) is 0 Å². The Labute approximate surface area is 170 Å². The quantitative estimate of drug-likeness (QED) is 0.554. The molecule has 2 amide bonds. The molecule has 0 saturated carbocycles. The number of amides is 2. The van der Waals surface area contributed by atoms with E-state index in [0.717, 1.165) is 5.56 Å². The van der Waals surface area contributed by atoms with Crippen LogP contribution in [0.5, 0.6) is 0 Å². The molecule has 2 unspecified atom stereocenters. The zero-order chi connectivity index (χ0) is 18.7. The first-order valence-corrected chi connectivity index (χ1v) is 10.8. The van der Waals surface area contributed by atoms with E-state index in [0.29, 0.717) is 25.8 Å². The Bertz CT molecular complexity index is 771. The molecule has 1 aromatic rings. The van der Waals surface area contributed by atoms with Crippen molar-refractivity contribution in [3.05, 3.63) is 39.8 Å². The van der Waals surface area contributed by atoms with E-state index < -0.39 is 6.10 Å². The highest BCUT2D eigenvalue weighted by Gasteiger charge is 2.33. The molecule has 9 heteroatoms. The van der Waals surface area contributed by atoms with Crippen molar-refractivity contribution in [3.8, 4) is 0 Å². The Kier molecular flexibility index (Phi) is 6.63. The summed E-state index contributed by atoms with van der Waals surface area (Å²) in [6.45, 7) is 0.222. The maximum absolute atomic E-state index is 12.6. The fourth-order valence-electron chi connectivity index (χ4n) is 2.61. The van der Waals surface area contributed by atoms with Crippen LogP contribution in [0, 0.1) is 0 Å². The van der Waals surface area contributed by atoms with Crippen LogP contribution in [0.4, 0.5) is 0 Å². The molecule has 5 nitrogen and oxygen atoms in total. The number of halogens is 1. The molecule has 2 aliphatic heterocycles. The van der Waals surface area contributed by atoms with E-state index in [1.165, 1.54) is 16.7 Å². The molecule has 2 saturated heterocycles. The average Bonchev–Trinajstić information content (AvgIpc) is 3.10. The average molecular weight is 429 g/mol. The van der Waals surface area contributed by atoms with Gasteiger partial charge in [0.05, 0.1) is 17.1 Å². The number of aliphatic hydroxyl groups excluding tert-OH is 1. The number of hydrogen-bond donors (Lipinski definition) is 2. The third-order valence-corrected chi connectivity index (χ3v) is 6.76. The number of nitrogens with one attached hydrogen (secondary N) is 1. The summed E-state index contributed by atoms with van der Waals surface area (Å²) >= 11 is 14.1. The summed E-state index contributed by atoms with van der Waals surface area (Å²) in [5, 5.41) is 13.2. The van der Waals surface area contributed by atoms with Crippen LogP contribution < -0.4 is 5.32 Å². The molecule has 0 spiro atoms. The first-order chi connectivity index (χ1) is 12.4. The second-order valence-corrected chi connectivity index (χ2v) is 9.10. The topological polar surface area (TPSA) is 69.6 Å². The fourth-order valence-corrected chi connectivity index (χ4v) is 5.29. The van der Waals surface area contributed by atoms with Gasteiger partial charge in [-0.1, -0.05) is 47.7 Å². The predicted octanol–water partition coefficient (Wildman–Crippen LogP) is 2.52. The molecule has 0 radical (unpaired) electrons. The molecule has 26 heavy (non-hydrogen) atoms. The fraction of sp³-hybridized carbons (Fsp3) is 0.353. The maximum Gasteiger partial charge on any atom is 0.266 e. The molecular formula is C17H17ClN2O3S3. The molecule has 3 rings (SSSR count). The molecular weight excluding hydrogens is 412 g/mol. The second-order valence-electron chi connectivity index (χ2n) is 5.92. The molecule has 2 fully saturated rings. The number of carbonyl (C=O) groups is 2. The largest absolute Gasteiger partial charge is 0.390 e. The Morgan fingerprint density at radius 2 is 2.27 bits per heavy atom. The van der Waals surface area contributed by atoms with E-state index in [-0.39, 0.29) is 30.8 Å². The number of benzene rings is 1. The normalized spacial score (nSPS) is 24.5. The molecule has 1 aromatic carbocycles. The van der Waals surface area contributed by atoms with Crippen LogP contribution in [0.15, 0.2) is 29.2 Å². The predicted molar refractivity (Wildman–Crippen MR) is 111 cm³/mol. The summed E-state index contributed by atoms with van der Waals surface area (Å²) in [5.41, 5.74) is 0.823. The lowest BCUT2D eigenvalue weighted by Crippen LogP contribution is -2.43. The summed E-state index contributed by atoms with van der Waals surface area (Å²) in [5.74, 6) is 0.943. The van der Waals surface area contributed by atoms with Crippen molar-refractivity contribution in [2.75, 3.05) is 18.1 Å². The minimum Gasteiger partial charge on any atom is -0.390 e. The lowest BCUT2D eigenvalue weighted by molar-refractivity contribution is -0.124. The third-order valence-electron chi connectivity index (χ3n) is 3.98. The van der Waals surface area contributed by atoms with Crippen LogP contribution in [0.3, 0.4) is 0 Å². The minimum absolute atomic E-state index is 0.144. The zero-order valence-electron chi connectivity index (χ0n) is 13.7. The van der Waals surface area contributed by atoms with Gasteiger partial charge < -0.3 is 10.4 Å². The Hall–Kier alpha value is -1.06. The zero-order valence-corrected chi connectivity index (χ0v) is 16.9. The number of thiocarbonyl (C=S) groups is 1. The van der Waals surface area contributed by atoms with E-state index in [2.05, 4.69) is 5.32 Å². The van der Waals surface area contributed by atoms with Gasteiger partial charge in [-0.25, -0.2) is 0 Å². The van der Waals surface area contributed by atoms with Crippen molar-refractivity contribution in [3.63, 3.8) is 0 Å². The van der Waals surface area contributed by atoms with Gasteiger partial charge in [-0.2, -0.15) is 11.8 Å². The highest BCUT2D eigenvalue weighted by Crippen LogP contribution is 2.32. The standard InChI is InChI=1S/C17H17ClN2O3S3/c18-11-3-1-2-10(6-11)7-14-16(23)20(17(24)26-14)5-4-15(22)19-12-8-25-9-13(12)21/h1-3,6-7,12-13,21H,4-5,8-9H2,(H,19,22)/b14-7-. The maximum atomic E-state index is 12.6. The molecule has 2 atom stereocenters. The van der Waals surface area contributed by atoms with Crippen LogP contribution in [-0.4, -0.2) is 56.3 Å². The van der Waals surface area contributed by atoms with Gasteiger partial charge in [-0.05, 0) is 23.8 Å². The number of nitrogens with zero attached hydrogens (tertiary/aromatic N) is 1. The number of carbonyl (C=O) groups excluding carboxylic acids is 2.